The zero-order chi connectivity index (χ0) is 18.5. The average molecular weight is 371 g/mol. The van der Waals surface area contributed by atoms with Crippen LogP contribution in [0, 0.1) is 0 Å². The average Bonchev–Trinajstić information content (AvgIpc) is 3.17. The van der Waals surface area contributed by atoms with E-state index in [1.54, 1.807) is 0 Å². The highest BCUT2D eigenvalue weighted by molar-refractivity contribution is 5.94. The molecule has 2 aliphatic heterocycles. The number of carbonyl (C=O) groups is 1. The number of amidine groups is 1. The van der Waals surface area contributed by atoms with Gasteiger partial charge in [-0.1, -0.05) is 19.3 Å². The number of ether oxygens (including phenoxy) is 1. The number of benzene rings is 1. The predicted octanol–water partition coefficient (Wildman–Crippen LogP) is 3.09. The highest BCUT2D eigenvalue weighted by atomic mass is 16.5. The van der Waals surface area contributed by atoms with Crippen molar-refractivity contribution in [2.75, 3.05) is 11.9 Å². The van der Waals surface area contributed by atoms with Crippen LogP contribution in [0.3, 0.4) is 0 Å². The van der Waals surface area contributed by atoms with Gasteiger partial charge in [0.15, 0.2) is 0 Å². The molecule has 0 atom stereocenters. The summed E-state index contributed by atoms with van der Waals surface area (Å²) in [5, 5.41) is 9.54. The summed E-state index contributed by atoms with van der Waals surface area (Å²) in [6.45, 7) is 0.697. The Morgan fingerprint density at radius 1 is 1.15 bits per heavy atom. The van der Waals surface area contributed by atoms with Crippen molar-refractivity contribution in [3.05, 3.63) is 23.8 Å². The molecule has 3 N–H and O–H groups in total. The smallest absolute Gasteiger partial charge is 0.224 e. The second-order valence-corrected chi connectivity index (χ2v) is 7.59. The van der Waals surface area contributed by atoms with Crippen molar-refractivity contribution in [2.24, 2.45) is 5.10 Å². The molecule has 1 amide bonds. The lowest BCUT2D eigenvalue weighted by molar-refractivity contribution is -0.116. The van der Waals surface area contributed by atoms with Crippen LogP contribution in [-0.2, 0) is 11.2 Å². The third-order valence-electron chi connectivity index (χ3n) is 5.61. The number of carbonyl (C=O) groups excluding carboxylic acids is 1. The topological polar surface area (TPSA) is 78.0 Å². The number of fused-ring (bicyclic) bond motifs is 1. The van der Waals surface area contributed by atoms with E-state index in [1.165, 1.54) is 32.1 Å². The van der Waals surface area contributed by atoms with Crippen molar-refractivity contribution < 1.29 is 9.53 Å². The number of hydrogen-bond donors (Lipinski definition) is 3. The molecule has 1 saturated carbocycles. The Kier molecular flexibility index (Phi) is 5.77. The first-order valence-electron chi connectivity index (χ1n) is 10.2. The van der Waals surface area contributed by atoms with Gasteiger partial charge in [0, 0.05) is 24.6 Å². The zero-order valence-corrected chi connectivity index (χ0v) is 15.8. The maximum Gasteiger partial charge on any atom is 0.224 e. The molecular formula is C20H29N5O2. The molecular weight excluding hydrogens is 342 g/mol. The number of hydrazine groups is 2. The number of aryl methyl sites for hydroxylation is 1. The Morgan fingerprint density at radius 2 is 2.04 bits per heavy atom. The van der Waals surface area contributed by atoms with E-state index in [0.29, 0.717) is 19.1 Å². The van der Waals surface area contributed by atoms with Gasteiger partial charge in [-0.3, -0.25) is 9.80 Å². The summed E-state index contributed by atoms with van der Waals surface area (Å²) in [5.41, 5.74) is 8.19. The third-order valence-corrected chi connectivity index (χ3v) is 5.61. The van der Waals surface area contributed by atoms with E-state index in [-0.39, 0.29) is 5.91 Å². The van der Waals surface area contributed by atoms with Crippen molar-refractivity contribution >= 4 is 17.4 Å². The minimum Gasteiger partial charge on any atom is -0.494 e. The van der Waals surface area contributed by atoms with Crippen molar-refractivity contribution in [3.63, 3.8) is 0 Å². The van der Waals surface area contributed by atoms with Crippen molar-refractivity contribution in [2.45, 2.75) is 70.3 Å². The summed E-state index contributed by atoms with van der Waals surface area (Å²) < 4.78 is 5.91. The maximum atomic E-state index is 11.4. The molecule has 0 bridgehead atoms. The van der Waals surface area contributed by atoms with Crippen LogP contribution < -0.4 is 21.1 Å². The lowest BCUT2D eigenvalue weighted by Crippen LogP contribution is -2.48. The summed E-state index contributed by atoms with van der Waals surface area (Å²) in [6, 6.07) is 6.49. The number of rotatable bonds is 7. The first-order valence-corrected chi connectivity index (χ1v) is 10.2. The first kappa shape index (κ1) is 18.1. The molecule has 0 spiro atoms. The fraction of sp³-hybridized carbons (Fsp3) is 0.600. The highest BCUT2D eigenvalue weighted by Gasteiger charge is 2.26. The van der Waals surface area contributed by atoms with Crippen molar-refractivity contribution in [3.8, 4) is 5.75 Å². The molecule has 2 heterocycles. The van der Waals surface area contributed by atoms with E-state index in [0.717, 1.165) is 48.5 Å². The quantitative estimate of drug-likeness (QED) is 0.642. The molecule has 1 fully saturated rings. The molecule has 0 aromatic heterocycles. The minimum absolute atomic E-state index is 0.0947. The minimum atomic E-state index is 0.0947. The number of hydrazone groups is 1. The van der Waals surface area contributed by atoms with E-state index in [9.17, 15) is 4.79 Å². The molecule has 3 aliphatic rings. The standard InChI is InChI=1S/C20H29N5O2/c26-20-12-9-15-14-17(10-11-18(15)21-20)27-13-5-4-8-19-22-23-24-25(19)16-6-2-1-3-7-16/h10-11,14,16,23-24H,1-9,12-13H2,(H,21,26). The number of unbranched alkanes of at least 4 members (excludes halogenated alkanes) is 1. The molecule has 0 radical (unpaired) electrons. The molecule has 1 aromatic rings. The lowest BCUT2D eigenvalue weighted by atomic mass is 9.95. The Balaban J connectivity index is 1.19. The largest absolute Gasteiger partial charge is 0.494 e. The van der Waals surface area contributed by atoms with Crippen LogP contribution in [0.2, 0.25) is 0 Å². The normalized spacial score (nSPS) is 19.9. The molecule has 7 heteroatoms. The fourth-order valence-corrected chi connectivity index (χ4v) is 4.10. The lowest BCUT2D eigenvalue weighted by Gasteiger charge is -2.32. The summed E-state index contributed by atoms with van der Waals surface area (Å²) >= 11 is 0. The summed E-state index contributed by atoms with van der Waals surface area (Å²) in [6.07, 6.45) is 10.8. The number of anilines is 1. The van der Waals surface area contributed by atoms with Gasteiger partial charge in [0.1, 0.15) is 11.6 Å². The zero-order valence-electron chi connectivity index (χ0n) is 15.8. The maximum absolute atomic E-state index is 11.4. The second kappa shape index (κ2) is 8.61. The van der Waals surface area contributed by atoms with E-state index in [2.05, 4.69) is 32.6 Å². The van der Waals surface area contributed by atoms with Gasteiger partial charge in [-0.25, -0.2) is 5.53 Å². The van der Waals surface area contributed by atoms with Gasteiger partial charge in [0.2, 0.25) is 5.91 Å². The van der Waals surface area contributed by atoms with Crippen LogP contribution >= 0.6 is 0 Å². The molecule has 27 heavy (non-hydrogen) atoms. The van der Waals surface area contributed by atoms with Gasteiger partial charge in [-0.15, -0.1) is 10.6 Å². The van der Waals surface area contributed by atoms with Crippen molar-refractivity contribution in [1.82, 2.24) is 16.1 Å². The summed E-state index contributed by atoms with van der Waals surface area (Å²) in [7, 11) is 0. The van der Waals surface area contributed by atoms with Gasteiger partial charge in [0.25, 0.3) is 0 Å². The number of nitrogens with one attached hydrogen (secondary N) is 3. The van der Waals surface area contributed by atoms with Crippen LogP contribution in [-0.4, -0.2) is 29.4 Å². The molecule has 1 aromatic carbocycles. The van der Waals surface area contributed by atoms with Gasteiger partial charge < -0.3 is 10.1 Å². The number of nitrogens with zero attached hydrogens (tertiary/aromatic N) is 2. The Bertz CT molecular complexity index is 700. The van der Waals surface area contributed by atoms with Crippen LogP contribution in [0.1, 0.15) is 63.4 Å². The predicted molar refractivity (Wildman–Crippen MR) is 105 cm³/mol. The van der Waals surface area contributed by atoms with Gasteiger partial charge in [-0.05, 0) is 55.9 Å². The van der Waals surface area contributed by atoms with E-state index in [4.69, 9.17) is 4.74 Å². The van der Waals surface area contributed by atoms with E-state index >= 15 is 0 Å². The van der Waals surface area contributed by atoms with Gasteiger partial charge >= 0.3 is 0 Å². The van der Waals surface area contributed by atoms with E-state index in [1.807, 2.05) is 12.1 Å². The van der Waals surface area contributed by atoms with Gasteiger partial charge in [-0.2, -0.15) is 0 Å². The summed E-state index contributed by atoms with van der Waals surface area (Å²) in [5.74, 6) is 2.10. The molecule has 0 unspecified atom stereocenters. The SMILES string of the molecule is O=C1CCc2cc(OCCCCC3=NNNN3C3CCCCC3)ccc2N1. The van der Waals surface area contributed by atoms with Crippen molar-refractivity contribution in [1.29, 1.82) is 0 Å². The monoisotopic (exact) mass is 371 g/mol. The van der Waals surface area contributed by atoms with E-state index < -0.39 is 0 Å². The number of hydrogen-bond acceptors (Lipinski definition) is 6. The Labute approximate surface area is 160 Å². The van der Waals surface area contributed by atoms with Crippen LogP contribution in [0.5, 0.6) is 5.75 Å². The second-order valence-electron chi connectivity index (χ2n) is 7.59. The third kappa shape index (κ3) is 4.53. The number of amides is 1. The van der Waals surface area contributed by atoms with Crippen LogP contribution in [0.4, 0.5) is 5.69 Å². The highest BCUT2D eigenvalue weighted by Crippen LogP contribution is 2.27. The van der Waals surface area contributed by atoms with Gasteiger partial charge in [0.05, 0.1) is 6.61 Å². The van der Waals surface area contributed by atoms with Crippen LogP contribution in [0.25, 0.3) is 0 Å². The molecule has 1 aliphatic carbocycles. The summed E-state index contributed by atoms with van der Waals surface area (Å²) in [4.78, 5) is 11.4. The fourth-order valence-electron chi connectivity index (χ4n) is 4.10. The molecule has 0 saturated heterocycles. The Hall–Kier alpha value is -2.28. The molecule has 146 valence electrons. The Morgan fingerprint density at radius 3 is 2.93 bits per heavy atom. The van der Waals surface area contributed by atoms with Crippen LogP contribution in [0.15, 0.2) is 23.3 Å². The molecule has 7 nitrogen and oxygen atoms in total. The molecule has 4 rings (SSSR count). The first-order chi connectivity index (χ1) is 13.3.